The van der Waals surface area contributed by atoms with Crippen LogP contribution in [-0.4, -0.2) is 56.0 Å². The molecule has 2 aromatic carbocycles. The summed E-state index contributed by atoms with van der Waals surface area (Å²) in [4.78, 5) is 31.5. The van der Waals surface area contributed by atoms with Crippen LogP contribution in [0.3, 0.4) is 0 Å². The van der Waals surface area contributed by atoms with Crippen LogP contribution in [0.4, 0.5) is 11.4 Å². The second-order valence-corrected chi connectivity index (χ2v) is 7.88. The highest BCUT2D eigenvalue weighted by atomic mass is 35.5. The predicted octanol–water partition coefficient (Wildman–Crippen LogP) is 3.11. The van der Waals surface area contributed by atoms with Gasteiger partial charge in [-0.15, -0.1) is 0 Å². The van der Waals surface area contributed by atoms with Crippen molar-refractivity contribution in [1.82, 2.24) is 4.90 Å². The zero-order chi connectivity index (χ0) is 20.5. The van der Waals surface area contributed by atoms with E-state index in [1.807, 2.05) is 31.2 Å². The number of imide groups is 1. The molecule has 0 unspecified atom stereocenters. The second kappa shape index (κ2) is 8.05. The Hall–Kier alpha value is -2.57. The molecule has 0 saturated carbocycles. The molecule has 0 bridgehead atoms. The lowest BCUT2D eigenvalue weighted by Gasteiger charge is -2.38. The number of benzene rings is 2. The minimum Gasteiger partial charge on any atom is -0.497 e. The average Bonchev–Trinajstić information content (AvgIpc) is 3.04. The molecule has 2 saturated heterocycles. The van der Waals surface area contributed by atoms with Crippen molar-refractivity contribution < 1.29 is 14.3 Å². The van der Waals surface area contributed by atoms with Crippen molar-refractivity contribution in [3.63, 3.8) is 0 Å². The fourth-order valence-corrected chi connectivity index (χ4v) is 4.24. The third-order valence-electron chi connectivity index (χ3n) is 5.71. The Labute approximate surface area is 175 Å². The van der Waals surface area contributed by atoms with Crippen molar-refractivity contribution in [2.45, 2.75) is 19.4 Å². The molecule has 0 N–H and O–H groups in total. The van der Waals surface area contributed by atoms with Crippen molar-refractivity contribution in [2.75, 3.05) is 43.1 Å². The van der Waals surface area contributed by atoms with Crippen LogP contribution in [0, 0.1) is 6.92 Å². The van der Waals surface area contributed by atoms with Gasteiger partial charge >= 0.3 is 0 Å². The van der Waals surface area contributed by atoms with Crippen LogP contribution in [0.25, 0.3) is 0 Å². The fraction of sp³-hybridized carbons (Fsp3) is 0.364. The van der Waals surface area contributed by atoms with Gasteiger partial charge in [0.15, 0.2) is 0 Å². The summed E-state index contributed by atoms with van der Waals surface area (Å²) in [6, 6.07) is 12.9. The molecule has 0 aromatic heterocycles. The van der Waals surface area contributed by atoms with Gasteiger partial charge in [0.2, 0.25) is 5.91 Å². The molecule has 0 radical (unpaired) electrons. The molecule has 2 fully saturated rings. The van der Waals surface area contributed by atoms with E-state index >= 15 is 0 Å². The number of amides is 2. The Morgan fingerprint density at radius 3 is 2.52 bits per heavy atom. The largest absolute Gasteiger partial charge is 0.497 e. The highest BCUT2D eigenvalue weighted by molar-refractivity contribution is 6.31. The number of methoxy groups -OCH3 is 1. The summed E-state index contributed by atoms with van der Waals surface area (Å²) < 4.78 is 5.31. The minimum atomic E-state index is -0.409. The van der Waals surface area contributed by atoms with Crippen LogP contribution < -0.4 is 14.5 Å². The molecule has 29 heavy (non-hydrogen) atoms. The van der Waals surface area contributed by atoms with E-state index in [0.29, 0.717) is 10.7 Å². The number of hydrogen-bond acceptors (Lipinski definition) is 5. The normalized spacial score (nSPS) is 20.4. The van der Waals surface area contributed by atoms with E-state index in [2.05, 4.69) is 15.9 Å². The zero-order valence-electron chi connectivity index (χ0n) is 16.6. The molecule has 2 amide bonds. The van der Waals surface area contributed by atoms with E-state index in [1.165, 1.54) is 4.90 Å². The SMILES string of the molecule is COc1cccc(N2CCN([C@@H]3CC(=O)N(c4cc(Cl)ccc4C)C3=O)CC2)c1. The summed E-state index contributed by atoms with van der Waals surface area (Å²) in [6.45, 7) is 4.92. The molecular formula is C22H24ClN3O3. The lowest BCUT2D eigenvalue weighted by molar-refractivity contribution is -0.123. The van der Waals surface area contributed by atoms with Crippen molar-refractivity contribution in [1.29, 1.82) is 0 Å². The number of ether oxygens (including phenoxy) is 1. The van der Waals surface area contributed by atoms with E-state index < -0.39 is 6.04 Å². The minimum absolute atomic E-state index is 0.157. The van der Waals surface area contributed by atoms with Crippen LogP contribution >= 0.6 is 11.6 Å². The fourth-order valence-electron chi connectivity index (χ4n) is 4.08. The molecule has 152 valence electrons. The Balaban J connectivity index is 1.46. The van der Waals surface area contributed by atoms with E-state index in [1.54, 1.807) is 19.2 Å². The van der Waals surface area contributed by atoms with E-state index in [4.69, 9.17) is 16.3 Å². The number of anilines is 2. The molecule has 0 spiro atoms. The summed E-state index contributed by atoms with van der Waals surface area (Å²) in [6.07, 6.45) is 0.212. The molecule has 2 heterocycles. The molecule has 2 aliphatic heterocycles. The molecule has 1 atom stereocenters. The first-order valence-electron chi connectivity index (χ1n) is 9.74. The highest BCUT2D eigenvalue weighted by Gasteiger charge is 2.43. The van der Waals surface area contributed by atoms with Crippen LogP contribution in [-0.2, 0) is 9.59 Å². The van der Waals surface area contributed by atoms with Gasteiger partial charge in [-0.25, -0.2) is 4.90 Å². The lowest BCUT2D eigenvalue weighted by Crippen LogP contribution is -2.52. The van der Waals surface area contributed by atoms with Crippen molar-refractivity contribution in [3.8, 4) is 5.75 Å². The Morgan fingerprint density at radius 2 is 1.79 bits per heavy atom. The van der Waals surface area contributed by atoms with Gasteiger partial charge < -0.3 is 9.64 Å². The smallest absolute Gasteiger partial charge is 0.251 e. The van der Waals surface area contributed by atoms with Gasteiger partial charge in [0, 0.05) is 43.0 Å². The quantitative estimate of drug-likeness (QED) is 0.721. The first-order chi connectivity index (χ1) is 14.0. The Morgan fingerprint density at radius 1 is 1.03 bits per heavy atom. The number of nitrogens with zero attached hydrogens (tertiary/aromatic N) is 3. The van der Waals surface area contributed by atoms with Crippen LogP contribution in [0.1, 0.15) is 12.0 Å². The van der Waals surface area contributed by atoms with Gasteiger partial charge in [0.1, 0.15) is 5.75 Å². The third-order valence-corrected chi connectivity index (χ3v) is 5.94. The summed E-state index contributed by atoms with van der Waals surface area (Å²) in [5, 5.41) is 0.515. The number of carbonyl (C=O) groups excluding carboxylic acids is 2. The van der Waals surface area contributed by atoms with Gasteiger partial charge in [-0.2, -0.15) is 0 Å². The van der Waals surface area contributed by atoms with E-state index in [-0.39, 0.29) is 18.2 Å². The summed E-state index contributed by atoms with van der Waals surface area (Å²) in [7, 11) is 1.66. The molecule has 2 aliphatic rings. The first kappa shape index (κ1) is 19.7. The topological polar surface area (TPSA) is 53.1 Å². The van der Waals surface area contributed by atoms with Crippen LogP contribution in [0.15, 0.2) is 42.5 Å². The molecule has 7 heteroatoms. The van der Waals surface area contributed by atoms with Gasteiger partial charge in [0.25, 0.3) is 5.91 Å². The zero-order valence-corrected chi connectivity index (χ0v) is 17.4. The number of halogens is 1. The predicted molar refractivity (Wildman–Crippen MR) is 114 cm³/mol. The molecule has 4 rings (SSSR count). The standard InChI is InChI=1S/C22H24ClN3O3/c1-15-6-7-16(23)12-19(15)26-21(27)14-20(22(26)28)25-10-8-24(9-11-25)17-4-3-5-18(13-17)29-2/h3-7,12-13,20H,8-11,14H2,1-2H3/t20-/m1/s1. The first-order valence-corrected chi connectivity index (χ1v) is 10.1. The number of carbonyl (C=O) groups is 2. The van der Waals surface area contributed by atoms with E-state index in [9.17, 15) is 9.59 Å². The Kier molecular flexibility index (Phi) is 5.48. The van der Waals surface area contributed by atoms with Gasteiger partial charge in [-0.3, -0.25) is 14.5 Å². The Bertz CT molecular complexity index is 941. The number of piperazine rings is 1. The van der Waals surface area contributed by atoms with E-state index in [0.717, 1.165) is 43.2 Å². The molecular weight excluding hydrogens is 390 g/mol. The van der Waals surface area contributed by atoms with Crippen molar-refractivity contribution >= 4 is 34.8 Å². The summed E-state index contributed by atoms with van der Waals surface area (Å²) in [5.74, 6) is 0.504. The molecule has 0 aliphatic carbocycles. The van der Waals surface area contributed by atoms with Crippen LogP contribution in [0.5, 0.6) is 5.75 Å². The maximum absolute atomic E-state index is 13.1. The van der Waals surface area contributed by atoms with Gasteiger partial charge in [-0.05, 0) is 36.8 Å². The number of hydrogen-bond donors (Lipinski definition) is 0. The molecule has 6 nitrogen and oxygen atoms in total. The summed E-state index contributed by atoms with van der Waals surface area (Å²) in [5.41, 5.74) is 2.55. The maximum atomic E-state index is 13.1. The third kappa shape index (κ3) is 3.82. The number of aryl methyl sites for hydroxylation is 1. The monoisotopic (exact) mass is 413 g/mol. The van der Waals surface area contributed by atoms with Crippen molar-refractivity contribution in [2.24, 2.45) is 0 Å². The summed E-state index contributed by atoms with van der Waals surface area (Å²) >= 11 is 6.10. The second-order valence-electron chi connectivity index (χ2n) is 7.44. The average molecular weight is 414 g/mol. The van der Waals surface area contributed by atoms with Crippen molar-refractivity contribution in [3.05, 3.63) is 53.1 Å². The molecule has 2 aromatic rings. The maximum Gasteiger partial charge on any atom is 0.251 e. The van der Waals surface area contributed by atoms with Gasteiger partial charge in [-0.1, -0.05) is 23.7 Å². The number of rotatable bonds is 4. The van der Waals surface area contributed by atoms with Gasteiger partial charge in [0.05, 0.1) is 25.3 Å². The highest BCUT2D eigenvalue weighted by Crippen LogP contribution is 2.31. The lowest BCUT2D eigenvalue weighted by atomic mass is 10.1. The van der Waals surface area contributed by atoms with Crippen LogP contribution in [0.2, 0.25) is 5.02 Å².